The quantitative estimate of drug-likeness (QED) is 0.247. The summed E-state index contributed by atoms with van der Waals surface area (Å²) in [6.45, 7) is 4.06. The van der Waals surface area contributed by atoms with Crippen molar-refractivity contribution < 1.29 is 9.53 Å². The first-order valence-electron chi connectivity index (χ1n) is 11.2. The third-order valence-corrected chi connectivity index (χ3v) is 6.89. The zero-order chi connectivity index (χ0) is 25.1. The molecule has 5 rings (SSSR count). The van der Waals surface area contributed by atoms with Crippen molar-refractivity contribution in [2.75, 3.05) is 12.4 Å². The van der Waals surface area contributed by atoms with Gasteiger partial charge in [0.25, 0.3) is 5.56 Å². The van der Waals surface area contributed by atoms with Gasteiger partial charge in [-0.25, -0.2) is 0 Å². The summed E-state index contributed by atoms with van der Waals surface area (Å²) in [5, 5.41) is 12.1. The Labute approximate surface area is 211 Å². The van der Waals surface area contributed by atoms with Gasteiger partial charge in [0, 0.05) is 18.3 Å². The van der Waals surface area contributed by atoms with Crippen molar-refractivity contribution in [1.29, 1.82) is 0 Å². The van der Waals surface area contributed by atoms with Crippen molar-refractivity contribution in [3.8, 4) is 5.75 Å². The number of amides is 1. The molecule has 0 aliphatic heterocycles. The van der Waals surface area contributed by atoms with E-state index < -0.39 is 5.25 Å². The molecule has 0 aliphatic carbocycles. The van der Waals surface area contributed by atoms with Crippen LogP contribution in [0.15, 0.2) is 101 Å². The SMILES string of the molecule is C=CCn1c(=O)c2ccccc2n2c(S[C@H](C(=O)Nc3cccc(OC)c3)c3ccccc3)nnc12. The second-order valence-electron chi connectivity index (χ2n) is 7.97. The van der Waals surface area contributed by atoms with E-state index in [0.717, 1.165) is 5.56 Å². The molecule has 3 aromatic carbocycles. The fourth-order valence-corrected chi connectivity index (χ4v) is 5.06. The molecule has 0 saturated carbocycles. The Bertz CT molecular complexity index is 1630. The Balaban J connectivity index is 1.61. The Morgan fingerprint density at radius 3 is 2.64 bits per heavy atom. The second kappa shape index (κ2) is 10.1. The monoisotopic (exact) mass is 497 g/mol. The highest BCUT2D eigenvalue weighted by Gasteiger charge is 2.26. The molecule has 2 heterocycles. The van der Waals surface area contributed by atoms with Gasteiger partial charge in [-0.3, -0.25) is 18.6 Å². The molecule has 36 heavy (non-hydrogen) atoms. The van der Waals surface area contributed by atoms with Crippen molar-refractivity contribution in [3.05, 3.63) is 107 Å². The number of allylic oxidation sites excluding steroid dienone is 1. The van der Waals surface area contributed by atoms with E-state index in [2.05, 4.69) is 22.1 Å². The highest BCUT2D eigenvalue weighted by Crippen LogP contribution is 2.36. The molecule has 9 heteroatoms. The maximum absolute atomic E-state index is 13.6. The number of benzene rings is 3. The van der Waals surface area contributed by atoms with Crippen LogP contribution in [0, 0.1) is 0 Å². The van der Waals surface area contributed by atoms with Crippen LogP contribution in [0.5, 0.6) is 5.75 Å². The number of fused-ring (bicyclic) bond motifs is 3. The average molecular weight is 498 g/mol. The number of hydrogen-bond donors (Lipinski definition) is 1. The summed E-state index contributed by atoms with van der Waals surface area (Å²) in [5.74, 6) is 0.813. The van der Waals surface area contributed by atoms with Crippen molar-refractivity contribution in [1.82, 2.24) is 19.2 Å². The molecule has 0 fully saturated rings. The maximum Gasteiger partial charge on any atom is 0.263 e. The zero-order valence-corrected chi connectivity index (χ0v) is 20.3. The van der Waals surface area contributed by atoms with Crippen LogP contribution in [0.2, 0.25) is 0 Å². The van der Waals surface area contributed by atoms with Crippen molar-refractivity contribution in [3.63, 3.8) is 0 Å². The fourth-order valence-electron chi connectivity index (χ4n) is 4.02. The lowest BCUT2D eigenvalue weighted by Crippen LogP contribution is -2.23. The number of carbonyl (C=O) groups is 1. The van der Waals surface area contributed by atoms with E-state index in [4.69, 9.17) is 4.74 Å². The normalized spacial score (nSPS) is 11.9. The van der Waals surface area contributed by atoms with Gasteiger partial charge in [0.2, 0.25) is 11.7 Å². The number of carbonyl (C=O) groups excluding carboxylic acids is 1. The first-order valence-corrected chi connectivity index (χ1v) is 12.1. The number of ether oxygens (including phenoxy) is 1. The lowest BCUT2D eigenvalue weighted by atomic mass is 10.1. The third kappa shape index (κ3) is 4.36. The molecular weight excluding hydrogens is 474 g/mol. The minimum atomic E-state index is -0.636. The highest BCUT2D eigenvalue weighted by atomic mass is 32.2. The fraction of sp³-hybridized carbons (Fsp3) is 0.111. The average Bonchev–Trinajstić information content (AvgIpc) is 3.34. The summed E-state index contributed by atoms with van der Waals surface area (Å²) < 4.78 is 8.63. The maximum atomic E-state index is 13.6. The Morgan fingerprint density at radius 1 is 1.08 bits per heavy atom. The molecule has 0 spiro atoms. The summed E-state index contributed by atoms with van der Waals surface area (Å²) in [7, 11) is 1.58. The number of anilines is 1. The van der Waals surface area contributed by atoms with Crippen molar-refractivity contribution >= 4 is 40.0 Å². The van der Waals surface area contributed by atoms with Gasteiger partial charge < -0.3 is 10.1 Å². The molecule has 1 amide bonds. The van der Waals surface area contributed by atoms with Crippen LogP contribution >= 0.6 is 11.8 Å². The van der Waals surface area contributed by atoms with Crippen molar-refractivity contribution in [2.45, 2.75) is 17.0 Å². The van der Waals surface area contributed by atoms with Gasteiger partial charge in [0.05, 0.1) is 18.0 Å². The number of para-hydroxylation sites is 1. The van der Waals surface area contributed by atoms with Gasteiger partial charge in [0.15, 0.2) is 5.16 Å². The summed E-state index contributed by atoms with van der Waals surface area (Å²) in [4.78, 5) is 26.7. The lowest BCUT2D eigenvalue weighted by molar-refractivity contribution is -0.115. The smallest absolute Gasteiger partial charge is 0.263 e. The summed E-state index contributed by atoms with van der Waals surface area (Å²) in [5.41, 5.74) is 1.93. The van der Waals surface area contributed by atoms with Crippen LogP contribution < -0.4 is 15.6 Å². The van der Waals surface area contributed by atoms with Crippen LogP contribution in [0.1, 0.15) is 10.8 Å². The van der Waals surface area contributed by atoms with Gasteiger partial charge in [-0.2, -0.15) is 0 Å². The predicted molar refractivity (Wildman–Crippen MR) is 142 cm³/mol. The van der Waals surface area contributed by atoms with Gasteiger partial charge in [-0.1, -0.05) is 66.4 Å². The zero-order valence-electron chi connectivity index (χ0n) is 19.5. The number of aromatic nitrogens is 4. The lowest BCUT2D eigenvalue weighted by Gasteiger charge is -2.17. The van der Waals surface area contributed by atoms with Crippen LogP contribution in [0.4, 0.5) is 5.69 Å². The van der Waals surface area contributed by atoms with Gasteiger partial charge in [-0.15, -0.1) is 16.8 Å². The Hall–Kier alpha value is -4.37. The topological polar surface area (TPSA) is 90.5 Å². The first kappa shape index (κ1) is 23.4. The van der Waals surface area contributed by atoms with Crippen LogP contribution in [-0.4, -0.2) is 32.2 Å². The number of rotatable bonds is 8. The third-order valence-electron chi connectivity index (χ3n) is 5.69. The standard InChI is InChI=1S/C27H23N5O3S/c1-3-16-31-25(34)21-14-7-8-15-22(21)32-26(31)29-30-27(32)36-23(18-10-5-4-6-11-18)24(33)28-19-12-9-13-20(17-19)35-2/h3-15,17,23H,1,16H2,2H3,(H,28,33)/t23-/m0/s1. The number of nitrogens with one attached hydrogen (secondary N) is 1. The predicted octanol–water partition coefficient (Wildman–Crippen LogP) is 4.71. The molecule has 1 atom stereocenters. The van der Waals surface area contributed by atoms with E-state index >= 15 is 0 Å². The molecule has 1 N–H and O–H groups in total. The second-order valence-corrected chi connectivity index (χ2v) is 9.04. The van der Waals surface area contributed by atoms with E-state index in [9.17, 15) is 9.59 Å². The number of thioether (sulfide) groups is 1. The molecule has 8 nitrogen and oxygen atoms in total. The minimum absolute atomic E-state index is 0.169. The molecule has 0 radical (unpaired) electrons. The first-order chi connectivity index (χ1) is 17.6. The minimum Gasteiger partial charge on any atom is -0.497 e. The van der Waals surface area contributed by atoms with Gasteiger partial charge >= 0.3 is 0 Å². The number of hydrogen-bond acceptors (Lipinski definition) is 6. The van der Waals surface area contributed by atoms with Crippen LogP contribution in [0.3, 0.4) is 0 Å². The molecule has 0 aliphatic rings. The molecule has 5 aromatic rings. The number of nitrogens with zero attached hydrogens (tertiary/aromatic N) is 4. The molecule has 0 unspecified atom stereocenters. The summed E-state index contributed by atoms with van der Waals surface area (Å²) >= 11 is 1.27. The molecular formula is C27H23N5O3S. The summed E-state index contributed by atoms with van der Waals surface area (Å²) in [6, 6.07) is 24.0. The number of methoxy groups -OCH3 is 1. The van der Waals surface area contributed by atoms with Crippen molar-refractivity contribution in [2.24, 2.45) is 0 Å². The molecule has 180 valence electrons. The van der Waals surface area contributed by atoms with E-state index in [1.807, 2.05) is 65.1 Å². The highest BCUT2D eigenvalue weighted by molar-refractivity contribution is 8.00. The van der Waals surface area contributed by atoms with E-state index in [0.29, 0.717) is 33.3 Å². The Kier molecular flexibility index (Phi) is 6.55. The Morgan fingerprint density at radius 2 is 1.86 bits per heavy atom. The van der Waals surface area contributed by atoms with Gasteiger partial charge in [-0.05, 0) is 29.8 Å². The van der Waals surface area contributed by atoms with E-state index in [1.54, 1.807) is 31.4 Å². The van der Waals surface area contributed by atoms with E-state index in [-0.39, 0.29) is 18.0 Å². The van der Waals surface area contributed by atoms with Crippen LogP contribution in [0.25, 0.3) is 16.7 Å². The summed E-state index contributed by atoms with van der Waals surface area (Å²) in [6.07, 6.45) is 1.64. The molecule has 2 aromatic heterocycles. The molecule has 0 saturated heterocycles. The van der Waals surface area contributed by atoms with E-state index in [1.165, 1.54) is 16.3 Å². The van der Waals surface area contributed by atoms with Gasteiger partial charge in [0.1, 0.15) is 11.0 Å². The van der Waals surface area contributed by atoms with Crippen LogP contribution in [-0.2, 0) is 11.3 Å². The molecule has 0 bridgehead atoms. The largest absolute Gasteiger partial charge is 0.497 e.